The highest BCUT2D eigenvalue weighted by Gasteiger charge is 2.27. The Morgan fingerprint density at radius 2 is 1.90 bits per heavy atom. The maximum absolute atomic E-state index is 13.5. The van der Waals surface area contributed by atoms with Gasteiger partial charge in [0, 0.05) is 13.1 Å². The van der Waals surface area contributed by atoms with Crippen LogP contribution in [0.3, 0.4) is 0 Å². The normalized spacial score (nSPS) is 12.1. The van der Waals surface area contributed by atoms with Gasteiger partial charge in [0.25, 0.3) is 0 Å². The summed E-state index contributed by atoms with van der Waals surface area (Å²) in [5, 5.41) is 8.86. The minimum Gasteiger partial charge on any atom is -0.480 e. The topological polar surface area (TPSA) is 77.9 Å². The summed E-state index contributed by atoms with van der Waals surface area (Å²) in [5.74, 6) is -1.90. The first-order valence-corrected chi connectivity index (χ1v) is 7.71. The van der Waals surface area contributed by atoms with Crippen molar-refractivity contribution in [1.82, 2.24) is 9.21 Å². The van der Waals surface area contributed by atoms with Crippen LogP contribution in [-0.4, -0.2) is 62.4 Å². The maximum Gasteiger partial charge on any atom is 0.318 e. The fraction of sp³-hybridized carbons (Fsp3) is 0.462. The lowest BCUT2D eigenvalue weighted by Gasteiger charge is -2.22. The summed E-state index contributed by atoms with van der Waals surface area (Å²) in [4.78, 5) is 12.4. The van der Waals surface area contributed by atoms with Gasteiger partial charge in [0.15, 0.2) is 0 Å². The maximum atomic E-state index is 13.5. The van der Waals surface area contributed by atoms with Gasteiger partial charge in [-0.15, -0.1) is 0 Å². The molecule has 118 valence electrons. The van der Waals surface area contributed by atoms with E-state index < -0.39 is 28.4 Å². The number of carboxylic acid groups (broad SMARTS) is 1. The van der Waals surface area contributed by atoms with E-state index in [9.17, 15) is 17.6 Å². The summed E-state index contributed by atoms with van der Waals surface area (Å²) in [6.45, 7) is 1.23. The molecular formula is C13H19FN2O4S. The number of sulfonamides is 1. The van der Waals surface area contributed by atoms with Gasteiger partial charge in [-0.25, -0.2) is 12.8 Å². The Morgan fingerprint density at radius 1 is 1.29 bits per heavy atom. The molecule has 0 saturated carbocycles. The van der Waals surface area contributed by atoms with Crippen LogP contribution in [0.5, 0.6) is 0 Å². The fourth-order valence-electron chi connectivity index (χ4n) is 1.63. The minimum atomic E-state index is -4.05. The molecule has 0 spiro atoms. The van der Waals surface area contributed by atoms with E-state index in [0.29, 0.717) is 12.1 Å². The molecule has 0 radical (unpaired) electrons. The molecule has 0 aliphatic heterocycles. The van der Waals surface area contributed by atoms with E-state index in [1.54, 1.807) is 19.0 Å². The lowest BCUT2D eigenvalue weighted by molar-refractivity contribution is -0.137. The van der Waals surface area contributed by atoms with Gasteiger partial charge in [0.2, 0.25) is 10.0 Å². The number of nitrogens with zero attached hydrogens (tertiary/aromatic N) is 2. The number of halogens is 1. The van der Waals surface area contributed by atoms with Crippen LogP contribution < -0.4 is 0 Å². The van der Waals surface area contributed by atoms with Crippen molar-refractivity contribution in [2.24, 2.45) is 0 Å². The van der Waals surface area contributed by atoms with Crippen molar-refractivity contribution in [3.8, 4) is 0 Å². The third-order valence-corrected chi connectivity index (χ3v) is 4.73. The number of aliphatic carboxylic acids is 1. The van der Waals surface area contributed by atoms with Gasteiger partial charge in [0.1, 0.15) is 12.4 Å². The predicted octanol–water partition coefficient (Wildman–Crippen LogP) is 0.771. The second-order valence-electron chi connectivity index (χ2n) is 4.95. The van der Waals surface area contributed by atoms with E-state index in [2.05, 4.69) is 0 Å². The largest absolute Gasteiger partial charge is 0.480 e. The van der Waals surface area contributed by atoms with Crippen molar-refractivity contribution in [1.29, 1.82) is 0 Å². The molecule has 8 heteroatoms. The number of likely N-dealkylation sites (N-methyl/N-ethyl adjacent to an activating group) is 1. The van der Waals surface area contributed by atoms with Gasteiger partial charge in [0.05, 0.1) is 4.90 Å². The van der Waals surface area contributed by atoms with E-state index in [1.807, 2.05) is 0 Å². The number of hydrogen-bond acceptors (Lipinski definition) is 4. The first-order valence-electron chi connectivity index (χ1n) is 6.27. The van der Waals surface area contributed by atoms with Crippen LogP contribution in [0.15, 0.2) is 23.1 Å². The molecule has 0 fully saturated rings. The number of carbonyl (C=O) groups is 1. The monoisotopic (exact) mass is 318 g/mol. The number of rotatable bonds is 7. The van der Waals surface area contributed by atoms with Gasteiger partial charge in [-0.1, -0.05) is 6.07 Å². The molecule has 0 atom stereocenters. The van der Waals surface area contributed by atoms with Gasteiger partial charge in [-0.2, -0.15) is 4.31 Å². The third kappa shape index (κ3) is 4.76. The van der Waals surface area contributed by atoms with E-state index in [4.69, 9.17) is 5.11 Å². The highest BCUT2D eigenvalue weighted by molar-refractivity contribution is 7.89. The molecule has 0 aliphatic carbocycles. The number of carboxylic acids is 1. The van der Waals surface area contributed by atoms with E-state index in [-0.39, 0.29) is 11.4 Å². The molecule has 0 heterocycles. The minimum absolute atomic E-state index is 0.0110. The number of hydrogen-bond donors (Lipinski definition) is 1. The van der Waals surface area contributed by atoms with Crippen LogP contribution in [0.25, 0.3) is 0 Å². The van der Waals surface area contributed by atoms with Gasteiger partial charge in [-0.05, 0) is 38.7 Å². The fourth-order valence-corrected chi connectivity index (χ4v) is 3.02. The molecule has 1 N–H and O–H groups in total. The molecule has 0 aliphatic rings. The van der Waals surface area contributed by atoms with Gasteiger partial charge >= 0.3 is 5.97 Å². The summed E-state index contributed by atoms with van der Waals surface area (Å²) < 4.78 is 39.2. The van der Waals surface area contributed by atoms with Crippen LogP contribution in [0.2, 0.25) is 0 Å². The lowest BCUT2D eigenvalue weighted by Crippen LogP contribution is -2.40. The second kappa shape index (κ2) is 6.97. The standard InChI is InChI=1S/C13H19FN2O4S/c1-10-4-5-11(8-12(10)14)21(19,20)16(9-13(17)18)7-6-15(2)3/h4-5,8H,6-7,9H2,1-3H3,(H,17,18). The van der Waals surface area contributed by atoms with Crippen LogP contribution in [0.1, 0.15) is 5.56 Å². The highest BCUT2D eigenvalue weighted by Crippen LogP contribution is 2.18. The van der Waals surface area contributed by atoms with Gasteiger partial charge in [-0.3, -0.25) is 4.79 Å². The second-order valence-corrected chi connectivity index (χ2v) is 6.88. The summed E-state index contributed by atoms with van der Waals surface area (Å²) in [6, 6.07) is 3.54. The first kappa shape index (κ1) is 17.5. The zero-order valence-corrected chi connectivity index (χ0v) is 13.0. The number of benzene rings is 1. The quantitative estimate of drug-likeness (QED) is 0.803. The van der Waals surface area contributed by atoms with Gasteiger partial charge < -0.3 is 10.0 Å². The predicted molar refractivity (Wildman–Crippen MR) is 76.1 cm³/mol. The Morgan fingerprint density at radius 3 is 2.38 bits per heavy atom. The van der Waals surface area contributed by atoms with Crippen LogP contribution in [0.4, 0.5) is 4.39 Å². The molecule has 21 heavy (non-hydrogen) atoms. The van der Waals surface area contributed by atoms with Crippen LogP contribution in [0, 0.1) is 12.7 Å². The zero-order chi connectivity index (χ0) is 16.2. The van der Waals surface area contributed by atoms with Crippen molar-refractivity contribution in [2.75, 3.05) is 33.7 Å². The Kier molecular flexibility index (Phi) is 5.82. The summed E-state index contributed by atoms with van der Waals surface area (Å²) in [5.41, 5.74) is 0.326. The molecule has 0 saturated heterocycles. The molecule has 6 nitrogen and oxygen atoms in total. The molecule has 0 amide bonds. The molecule has 0 unspecified atom stereocenters. The highest BCUT2D eigenvalue weighted by atomic mass is 32.2. The third-order valence-electron chi connectivity index (χ3n) is 2.89. The molecule has 0 bridgehead atoms. The molecule has 1 rings (SSSR count). The average Bonchev–Trinajstić information content (AvgIpc) is 2.36. The Labute approximate surface area is 123 Å². The average molecular weight is 318 g/mol. The Hall–Kier alpha value is -1.51. The van der Waals surface area contributed by atoms with Crippen molar-refractivity contribution in [3.05, 3.63) is 29.6 Å². The molecule has 1 aromatic rings. The summed E-state index contributed by atoms with van der Waals surface area (Å²) in [7, 11) is -0.551. The Balaban J connectivity index is 3.12. The van der Waals surface area contributed by atoms with E-state index in [0.717, 1.165) is 10.4 Å². The van der Waals surface area contributed by atoms with E-state index >= 15 is 0 Å². The van der Waals surface area contributed by atoms with Crippen LogP contribution in [-0.2, 0) is 14.8 Å². The summed E-state index contributed by atoms with van der Waals surface area (Å²) >= 11 is 0. The molecule has 0 aromatic heterocycles. The molecular weight excluding hydrogens is 299 g/mol. The number of aryl methyl sites for hydroxylation is 1. The van der Waals surface area contributed by atoms with Crippen molar-refractivity contribution in [2.45, 2.75) is 11.8 Å². The Bertz CT molecular complexity index is 617. The zero-order valence-electron chi connectivity index (χ0n) is 12.2. The van der Waals surface area contributed by atoms with Crippen molar-refractivity contribution >= 4 is 16.0 Å². The molecule has 1 aromatic carbocycles. The first-order chi connectivity index (χ1) is 9.64. The van der Waals surface area contributed by atoms with E-state index in [1.165, 1.54) is 19.1 Å². The summed E-state index contributed by atoms with van der Waals surface area (Å²) in [6.07, 6.45) is 0. The van der Waals surface area contributed by atoms with Crippen molar-refractivity contribution < 1.29 is 22.7 Å². The van der Waals surface area contributed by atoms with Crippen molar-refractivity contribution in [3.63, 3.8) is 0 Å². The van der Waals surface area contributed by atoms with Crippen LogP contribution >= 0.6 is 0 Å². The lowest BCUT2D eigenvalue weighted by atomic mass is 10.2. The smallest absolute Gasteiger partial charge is 0.318 e. The SMILES string of the molecule is Cc1ccc(S(=O)(=O)N(CCN(C)C)CC(=O)O)cc1F.